The number of halogens is 1. The fraction of sp³-hybridized carbons (Fsp3) is 0.348. The maximum Gasteiger partial charge on any atom is 0.161 e. The van der Waals surface area contributed by atoms with E-state index in [2.05, 4.69) is 22.1 Å². The smallest absolute Gasteiger partial charge is 0.161 e. The van der Waals surface area contributed by atoms with Gasteiger partial charge in [0.05, 0.1) is 12.3 Å². The molecule has 7 heteroatoms. The number of nitrogens with zero attached hydrogens (tertiary/aromatic N) is 4. The number of benzene rings is 1. The molecule has 1 aliphatic rings. The van der Waals surface area contributed by atoms with Crippen LogP contribution in [0.1, 0.15) is 23.7 Å². The average Bonchev–Trinajstić information content (AvgIpc) is 2.76. The molecule has 6 nitrogen and oxygen atoms in total. The molecule has 0 unspecified atom stereocenters. The van der Waals surface area contributed by atoms with Gasteiger partial charge in [0.2, 0.25) is 0 Å². The number of aromatic nitrogens is 3. The highest BCUT2D eigenvalue weighted by Crippen LogP contribution is 2.28. The summed E-state index contributed by atoms with van der Waals surface area (Å²) >= 11 is 0. The van der Waals surface area contributed by atoms with Gasteiger partial charge < -0.3 is 10.1 Å². The zero-order valence-electron chi connectivity index (χ0n) is 17.3. The zero-order chi connectivity index (χ0) is 20.9. The molecule has 2 aromatic heterocycles. The highest BCUT2D eigenvalue weighted by molar-refractivity contribution is 5.60. The number of ether oxygens (including phenoxy) is 1. The van der Waals surface area contributed by atoms with Gasteiger partial charge in [0.15, 0.2) is 5.82 Å². The Bertz CT molecular complexity index is 981. The van der Waals surface area contributed by atoms with Crippen LogP contribution in [0.25, 0.3) is 11.4 Å². The summed E-state index contributed by atoms with van der Waals surface area (Å²) in [6.45, 7) is 5.06. The van der Waals surface area contributed by atoms with Gasteiger partial charge in [-0.3, -0.25) is 9.88 Å². The van der Waals surface area contributed by atoms with Crippen molar-refractivity contribution in [3.8, 4) is 11.4 Å². The summed E-state index contributed by atoms with van der Waals surface area (Å²) in [5.74, 6) is 1.34. The van der Waals surface area contributed by atoms with Gasteiger partial charge in [-0.25, -0.2) is 14.4 Å². The minimum atomic E-state index is -0.210. The lowest BCUT2D eigenvalue weighted by atomic mass is 10.0. The van der Waals surface area contributed by atoms with Gasteiger partial charge in [0, 0.05) is 62.7 Å². The first-order valence-corrected chi connectivity index (χ1v) is 10.1. The first-order valence-electron chi connectivity index (χ1n) is 10.1. The molecule has 1 atom stereocenters. The molecule has 156 valence electrons. The first kappa shape index (κ1) is 20.4. The van der Waals surface area contributed by atoms with E-state index in [0.717, 1.165) is 54.3 Å². The van der Waals surface area contributed by atoms with Crippen molar-refractivity contribution in [2.24, 2.45) is 0 Å². The Morgan fingerprint density at radius 3 is 2.63 bits per heavy atom. The topological polar surface area (TPSA) is 63.2 Å². The molecule has 0 saturated heterocycles. The van der Waals surface area contributed by atoms with Crippen molar-refractivity contribution in [1.29, 1.82) is 0 Å². The highest BCUT2D eigenvalue weighted by Gasteiger charge is 2.24. The summed E-state index contributed by atoms with van der Waals surface area (Å²) < 4.78 is 18.5. The van der Waals surface area contributed by atoms with E-state index < -0.39 is 0 Å². The van der Waals surface area contributed by atoms with Gasteiger partial charge in [-0.05, 0) is 36.8 Å². The van der Waals surface area contributed by atoms with Crippen LogP contribution in [0.15, 0.2) is 48.8 Å². The number of pyridine rings is 1. The minimum absolute atomic E-state index is 0.117. The van der Waals surface area contributed by atoms with E-state index >= 15 is 0 Å². The number of nitrogens with one attached hydrogen (secondary N) is 1. The molecule has 4 rings (SSSR count). The Labute approximate surface area is 176 Å². The SMILES string of the molecule is COC[C@@H](C)Nc1nc(-c2ccncc2)nc2c1CN(Cc1ccc(F)cc1)CC2. The predicted octanol–water partition coefficient (Wildman–Crippen LogP) is 3.68. The van der Waals surface area contributed by atoms with Crippen molar-refractivity contribution in [3.05, 3.63) is 71.4 Å². The maximum absolute atomic E-state index is 13.2. The first-order chi connectivity index (χ1) is 14.6. The quantitative estimate of drug-likeness (QED) is 0.645. The van der Waals surface area contributed by atoms with E-state index in [1.807, 2.05) is 24.3 Å². The van der Waals surface area contributed by atoms with Gasteiger partial charge in [-0.15, -0.1) is 0 Å². The second kappa shape index (κ2) is 9.28. The van der Waals surface area contributed by atoms with E-state index in [9.17, 15) is 4.39 Å². The molecule has 3 heterocycles. The Hall–Kier alpha value is -2.90. The molecule has 0 saturated carbocycles. The van der Waals surface area contributed by atoms with Crippen LogP contribution in [0, 0.1) is 5.82 Å². The molecule has 0 amide bonds. The van der Waals surface area contributed by atoms with Gasteiger partial charge in [0.25, 0.3) is 0 Å². The van der Waals surface area contributed by atoms with E-state index in [4.69, 9.17) is 14.7 Å². The zero-order valence-corrected chi connectivity index (χ0v) is 17.3. The predicted molar refractivity (Wildman–Crippen MR) is 114 cm³/mol. The molecule has 1 aliphatic heterocycles. The standard InChI is InChI=1S/C23H26FN5O/c1-16(15-30-2)26-23-20-14-29(13-17-3-5-19(24)6-4-17)12-9-21(20)27-22(28-23)18-7-10-25-11-8-18/h3-8,10-11,16H,9,12-15H2,1-2H3,(H,26,27,28)/t16-/m1/s1. The van der Waals surface area contributed by atoms with Crippen molar-refractivity contribution < 1.29 is 9.13 Å². The molecule has 30 heavy (non-hydrogen) atoms. The van der Waals surface area contributed by atoms with Crippen molar-refractivity contribution in [2.75, 3.05) is 25.6 Å². The summed E-state index contributed by atoms with van der Waals surface area (Å²) in [6, 6.07) is 10.7. The largest absolute Gasteiger partial charge is 0.383 e. The Morgan fingerprint density at radius 1 is 1.13 bits per heavy atom. The minimum Gasteiger partial charge on any atom is -0.383 e. The van der Waals surface area contributed by atoms with Crippen molar-refractivity contribution in [3.63, 3.8) is 0 Å². The fourth-order valence-electron chi connectivity index (χ4n) is 3.73. The third kappa shape index (κ3) is 4.80. The van der Waals surface area contributed by atoms with Gasteiger partial charge >= 0.3 is 0 Å². The Morgan fingerprint density at radius 2 is 1.90 bits per heavy atom. The number of hydrogen-bond donors (Lipinski definition) is 1. The summed E-state index contributed by atoms with van der Waals surface area (Å²) in [6.07, 6.45) is 4.34. The van der Waals surface area contributed by atoms with Crippen molar-refractivity contribution in [2.45, 2.75) is 32.5 Å². The van der Waals surface area contributed by atoms with Crippen LogP contribution in [0.2, 0.25) is 0 Å². The highest BCUT2D eigenvalue weighted by atomic mass is 19.1. The lowest BCUT2D eigenvalue weighted by Crippen LogP contribution is -2.33. The van der Waals surface area contributed by atoms with Crippen LogP contribution < -0.4 is 5.32 Å². The monoisotopic (exact) mass is 407 g/mol. The van der Waals surface area contributed by atoms with Crippen LogP contribution in [0.3, 0.4) is 0 Å². The molecular formula is C23H26FN5O. The normalized spacial score (nSPS) is 14.9. The summed E-state index contributed by atoms with van der Waals surface area (Å²) in [4.78, 5) is 16.1. The van der Waals surface area contributed by atoms with Crippen LogP contribution in [-0.4, -0.2) is 46.2 Å². The summed E-state index contributed by atoms with van der Waals surface area (Å²) in [7, 11) is 1.69. The lowest BCUT2D eigenvalue weighted by Gasteiger charge is -2.30. The molecule has 0 fully saturated rings. The number of anilines is 1. The summed E-state index contributed by atoms with van der Waals surface area (Å²) in [5.41, 5.74) is 4.23. The van der Waals surface area contributed by atoms with E-state index in [-0.39, 0.29) is 11.9 Å². The van der Waals surface area contributed by atoms with Crippen molar-refractivity contribution in [1.82, 2.24) is 19.9 Å². The van der Waals surface area contributed by atoms with Crippen LogP contribution in [0.5, 0.6) is 0 Å². The molecule has 1 aromatic carbocycles. The fourth-order valence-corrected chi connectivity index (χ4v) is 3.73. The van der Waals surface area contributed by atoms with Crippen LogP contribution >= 0.6 is 0 Å². The number of rotatable bonds is 7. The molecule has 1 N–H and O–H groups in total. The Kier molecular flexibility index (Phi) is 6.30. The van der Waals surface area contributed by atoms with Gasteiger partial charge in [-0.1, -0.05) is 12.1 Å². The van der Waals surface area contributed by atoms with E-state index in [1.54, 1.807) is 19.5 Å². The molecule has 0 bridgehead atoms. The molecule has 0 aliphatic carbocycles. The van der Waals surface area contributed by atoms with Gasteiger partial charge in [0.1, 0.15) is 11.6 Å². The van der Waals surface area contributed by atoms with Crippen molar-refractivity contribution >= 4 is 5.82 Å². The number of fused-ring (bicyclic) bond motifs is 1. The third-order valence-corrected chi connectivity index (χ3v) is 5.20. The maximum atomic E-state index is 13.2. The lowest BCUT2D eigenvalue weighted by molar-refractivity contribution is 0.190. The number of hydrogen-bond acceptors (Lipinski definition) is 6. The summed E-state index contributed by atoms with van der Waals surface area (Å²) in [5, 5.41) is 3.50. The van der Waals surface area contributed by atoms with E-state index in [1.165, 1.54) is 12.1 Å². The average molecular weight is 407 g/mol. The second-order valence-electron chi connectivity index (χ2n) is 7.64. The second-order valence-corrected chi connectivity index (χ2v) is 7.64. The molecular weight excluding hydrogens is 381 g/mol. The van der Waals surface area contributed by atoms with E-state index in [0.29, 0.717) is 12.4 Å². The third-order valence-electron chi connectivity index (χ3n) is 5.20. The van der Waals surface area contributed by atoms with Crippen LogP contribution in [0.4, 0.5) is 10.2 Å². The Balaban J connectivity index is 1.62. The molecule has 0 radical (unpaired) electrons. The van der Waals surface area contributed by atoms with Gasteiger partial charge in [-0.2, -0.15) is 0 Å². The number of methoxy groups -OCH3 is 1. The van der Waals surface area contributed by atoms with Crippen LogP contribution in [-0.2, 0) is 24.2 Å². The molecule has 3 aromatic rings. The molecule has 0 spiro atoms.